The molecule has 5 heteroatoms. The number of carbonyl (C=O) groups is 1. The molecule has 3 N–H and O–H groups in total. The van der Waals surface area contributed by atoms with Gasteiger partial charge in [-0.1, -0.05) is 49.4 Å². The fourth-order valence-corrected chi connectivity index (χ4v) is 3.63. The lowest BCUT2D eigenvalue weighted by atomic mass is 9.89. The van der Waals surface area contributed by atoms with Crippen molar-refractivity contribution in [2.24, 2.45) is 11.7 Å². The molecule has 3 rings (SSSR count). The van der Waals surface area contributed by atoms with Crippen LogP contribution in [0.5, 0.6) is 0 Å². The second-order valence-corrected chi connectivity index (χ2v) is 6.81. The molecule has 2 atom stereocenters. The zero-order valence-corrected chi connectivity index (χ0v) is 16.0. The van der Waals surface area contributed by atoms with Gasteiger partial charge in [-0.15, -0.1) is 12.4 Å². The Balaban J connectivity index is 0.00000243. The summed E-state index contributed by atoms with van der Waals surface area (Å²) < 4.78 is 0. The molecule has 1 amide bonds. The minimum atomic E-state index is 0. The average molecular weight is 374 g/mol. The van der Waals surface area contributed by atoms with Gasteiger partial charge in [0.1, 0.15) is 0 Å². The molecule has 1 saturated heterocycles. The van der Waals surface area contributed by atoms with E-state index in [0.717, 1.165) is 25.2 Å². The number of rotatable bonds is 6. The van der Waals surface area contributed by atoms with Gasteiger partial charge in [-0.05, 0) is 42.1 Å². The summed E-state index contributed by atoms with van der Waals surface area (Å²) in [7, 11) is 0. The molecule has 0 spiro atoms. The summed E-state index contributed by atoms with van der Waals surface area (Å²) in [5.74, 6) is 0.843. The third kappa shape index (κ3) is 5.07. The number of benzene rings is 2. The van der Waals surface area contributed by atoms with Gasteiger partial charge in [0.2, 0.25) is 5.91 Å². The number of halogens is 1. The predicted octanol–water partition coefficient (Wildman–Crippen LogP) is 3.28. The van der Waals surface area contributed by atoms with E-state index in [1.54, 1.807) is 0 Å². The summed E-state index contributed by atoms with van der Waals surface area (Å²) in [5.41, 5.74) is 9.42. The van der Waals surface area contributed by atoms with E-state index < -0.39 is 0 Å². The third-order valence-corrected chi connectivity index (χ3v) is 5.06. The fraction of sp³-hybridized carbons (Fsp3) is 0.381. The Kier molecular flexibility index (Phi) is 7.64. The van der Waals surface area contributed by atoms with Gasteiger partial charge < -0.3 is 11.1 Å². The predicted molar refractivity (Wildman–Crippen MR) is 110 cm³/mol. The van der Waals surface area contributed by atoms with E-state index in [-0.39, 0.29) is 18.3 Å². The lowest BCUT2D eigenvalue weighted by molar-refractivity contribution is -0.117. The zero-order valence-electron chi connectivity index (χ0n) is 15.2. The van der Waals surface area contributed by atoms with Crippen molar-refractivity contribution in [2.75, 3.05) is 31.5 Å². The minimum Gasteiger partial charge on any atom is -0.330 e. The molecule has 0 unspecified atom stereocenters. The van der Waals surface area contributed by atoms with E-state index >= 15 is 0 Å². The second kappa shape index (κ2) is 9.72. The molecule has 26 heavy (non-hydrogen) atoms. The van der Waals surface area contributed by atoms with Crippen LogP contribution in [0.1, 0.15) is 24.0 Å². The van der Waals surface area contributed by atoms with Gasteiger partial charge in [0.25, 0.3) is 0 Å². The number of hydrogen-bond acceptors (Lipinski definition) is 3. The number of amides is 1. The summed E-state index contributed by atoms with van der Waals surface area (Å²) >= 11 is 0. The second-order valence-electron chi connectivity index (χ2n) is 6.81. The Morgan fingerprint density at radius 3 is 2.42 bits per heavy atom. The lowest BCUT2D eigenvalue weighted by Crippen LogP contribution is -2.32. The summed E-state index contributed by atoms with van der Waals surface area (Å²) in [6.45, 7) is 4.94. The van der Waals surface area contributed by atoms with Crippen LogP contribution in [0.15, 0.2) is 54.6 Å². The van der Waals surface area contributed by atoms with Crippen LogP contribution in [-0.4, -0.2) is 37.0 Å². The molecular weight excluding hydrogens is 346 g/mol. The molecule has 1 aliphatic rings. The van der Waals surface area contributed by atoms with Gasteiger partial charge in [0, 0.05) is 24.7 Å². The van der Waals surface area contributed by atoms with Crippen LogP contribution >= 0.6 is 12.4 Å². The van der Waals surface area contributed by atoms with Crippen molar-refractivity contribution in [3.05, 3.63) is 65.7 Å². The van der Waals surface area contributed by atoms with Crippen molar-refractivity contribution >= 4 is 24.0 Å². The first kappa shape index (κ1) is 20.4. The monoisotopic (exact) mass is 373 g/mol. The molecule has 1 heterocycles. The molecular formula is C21H28ClN3O. The third-order valence-electron chi connectivity index (χ3n) is 5.06. The maximum atomic E-state index is 12.4. The Morgan fingerprint density at radius 1 is 1.12 bits per heavy atom. The van der Waals surface area contributed by atoms with Crippen molar-refractivity contribution < 1.29 is 4.79 Å². The number of hydrogen-bond donors (Lipinski definition) is 2. The van der Waals surface area contributed by atoms with Gasteiger partial charge >= 0.3 is 0 Å². The van der Waals surface area contributed by atoms with Crippen LogP contribution < -0.4 is 11.1 Å². The van der Waals surface area contributed by atoms with Gasteiger partial charge in [-0.25, -0.2) is 0 Å². The highest BCUT2D eigenvalue weighted by molar-refractivity contribution is 5.92. The fourth-order valence-electron chi connectivity index (χ4n) is 3.63. The van der Waals surface area contributed by atoms with E-state index in [4.69, 9.17) is 5.73 Å². The first-order valence-electron chi connectivity index (χ1n) is 9.05. The number of nitrogens with zero attached hydrogens (tertiary/aromatic N) is 1. The summed E-state index contributed by atoms with van der Waals surface area (Å²) in [4.78, 5) is 14.6. The number of carbonyl (C=O) groups excluding carboxylic acids is 1. The molecule has 0 radical (unpaired) electrons. The van der Waals surface area contributed by atoms with Gasteiger partial charge in [-0.2, -0.15) is 0 Å². The van der Waals surface area contributed by atoms with Crippen molar-refractivity contribution in [3.63, 3.8) is 0 Å². The highest BCUT2D eigenvalue weighted by Gasteiger charge is 2.33. The molecule has 4 nitrogen and oxygen atoms in total. The van der Waals surface area contributed by atoms with E-state index in [9.17, 15) is 4.79 Å². The van der Waals surface area contributed by atoms with Crippen LogP contribution in [0.2, 0.25) is 0 Å². The number of aryl methyl sites for hydroxylation is 1. The van der Waals surface area contributed by atoms with Gasteiger partial charge in [0.05, 0.1) is 6.54 Å². The molecule has 140 valence electrons. The molecule has 2 aromatic rings. The molecule has 0 aliphatic carbocycles. The lowest BCUT2D eigenvalue weighted by Gasteiger charge is -2.16. The molecule has 1 fully saturated rings. The summed E-state index contributed by atoms with van der Waals surface area (Å²) in [6.07, 6.45) is 1.00. The highest BCUT2D eigenvalue weighted by atomic mass is 35.5. The van der Waals surface area contributed by atoms with Crippen LogP contribution in [0.4, 0.5) is 5.69 Å². The zero-order chi connectivity index (χ0) is 17.6. The van der Waals surface area contributed by atoms with E-state index in [0.29, 0.717) is 24.9 Å². The maximum absolute atomic E-state index is 12.4. The number of nitrogens with two attached hydrogens (primary N) is 1. The molecule has 0 bridgehead atoms. The van der Waals surface area contributed by atoms with Crippen molar-refractivity contribution in [3.8, 4) is 0 Å². The standard InChI is InChI=1S/C21H27N3O.ClH/c1-2-16-8-10-19(11-9-16)23-21(25)15-24-13-18(12-22)20(14-24)17-6-4-3-5-7-17;/h3-11,18,20H,2,12-15,22H2,1H3,(H,23,25);1H/t18-,20+;/m1./s1. The Morgan fingerprint density at radius 2 is 1.81 bits per heavy atom. The Bertz CT molecular complexity index is 690. The summed E-state index contributed by atoms with van der Waals surface area (Å²) in [5, 5.41) is 3.00. The van der Waals surface area contributed by atoms with Gasteiger partial charge in [-0.3, -0.25) is 9.69 Å². The van der Waals surface area contributed by atoms with Gasteiger partial charge in [0.15, 0.2) is 0 Å². The SMILES string of the molecule is CCc1ccc(NC(=O)CN2C[C@@H](CN)[C@H](c3ccccc3)C2)cc1.Cl. The molecule has 0 aromatic heterocycles. The summed E-state index contributed by atoms with van der Waals surface area (Å²) in [6, 6.07) is 18.5. The first-order valence-corrected chi connectivity index (χ1v) is 9.05. The maximum Gasteiger partial charge on any atom is 0.238 e. The average Bonchev–Trinajstić information content (AvgIpc) is 3.05. The largest absolute Gasteiger partial charge is 0.330 e. The first-order chi connectivity index (χ1) is 12.2. The van der Waals surface area contributed by atoms with Crippen molar-refractivity contribution in [1.82, 2.24) is 4.90 Å². The highest BCUT2D eigenvalue weighted by Crippen LogP contribution is 2.31. The number of anilines is 1. The van der Waals surface area contributed by atoms with Crippen LogP contribution in [-0.2, 0) is 11.2 Å². The Hall–Kier alpha value is -1.88. The number of nitrogens with one attached hydrogen (secondary N) is 1. The topological polar surface area (TPSA) is 58.4 Å². The molecule has 0 saturated carbocycles. The van der Waals surface area contributed by atoms with E-state index in [2.05, 4.69) is 53.5 Å². The number of likely N-dealkylation sites (tertiary alicyclic amines) is 1. The van der Waals surface area contributed by atoms with E-state index in [1.807, 2.05) is 18.2 Å². The van der Waals surface area contributed by atoms with Crippen molar-refractivity contribution in [2.45, 2.75) is 19.3 Å². The molecule has 2 aromatic carbocycles. The van der Waals surface area contributed by atoms with Crippen LogP contribution in [0.3, 0.4) is 0 Å². The van der Waals surface area contributed by atoms with Crippen molar-refractivity contribution in [1.29, 1.82) is 0 Å². The smallest absolute Gasteiger partial charge is 0.238 e. The minimum absolute atomic E-state index is 0. The Labute approximate surface area is 162 Å². The van der Waals surface area contributed by atoms with E-state index in [1.165, 1.54) is 11.1 Å². The van der Waals surface area contributed by atoms with Crippen LogP contribution in [0.25, 0.3) is 0 Å². The quantitative estimate of drug-likeness (QED) is 0.816. The van der Waals surface area contributed by atoms with Crippen LogP contribution in [0, 0.1) is 5.92 Å². The normalized spacial score (nSPS) is 19.8. The molecule has 1 aliphatic heterocycles.